The highest BCUT2D eigenvalue weighted by molar-refractivity contribution is 5.41. The Hall–Kier alpha value is -1.80. The number of benzene rings is 2. The first-order valence-corrected chi connectivity index (χ1v) is 7.22. The van der Waals surface area contributed by atoms with E-state index in [1.807, 2.05) is 6.92 Å². The van der Waals surface area contributed by atoms with E-state index in [0.29, 0.717) is 5.92 Å². The van der Waals surface area contributed by atoms with Gasteiger partial charge in [0.1, 0.15) is 5.75 Å². The van der Waals surface area contributed by atoms with Gasteiger partial charge in [0.2, 0.25) is 0 Å². The fourth-order valence-corrected chi connectivity index (χ4v) is 2.84. The van der Waals surface area contributed by atoms with E-state index in [-0.39, 0.29) is 6.04 Å². The number of hydrogen-bond acceptors (Lipinski definition) is 2. The lowest BCUT2D eigenvalue weighted by atomic mass is 9.78. The van der Waals surface area contributed by atoms with Gasteiger partial charge < -0.3 is 10.5 Å². The predicted molar refractivity (Wildman–Crippen MR) is 82.2 cm³/mol. The highest BCUT2D eigenvalue weighted by atomic mass is 16.5. The average molecular weight is 267 g/mol. The van der Waals surface area contributed by atoms with Gasteiger partial charge in [0, 0.05) is 17.5 Å². The minimum Gasteiger partial charge on any atom is -0.493 e. The topological polar surface area (TPSA) is 35.2 Å². The Morgan fingerprint density at radius 2 is 2.05 bits per heavy atom. The van der Waals surface area contributed by atoms with E-state index in [1.165, 1.54) is 16.7 Å². The molecule has 2 nitrogen and oxygen atoms in total. The molecule has 2 heteroatoms. The first-order chi connectivity index (χ1) is 9.65. The standard InChI is InChI=1S/C18H21NO/c1-12-7-8-16(13(2)19)18(9-12)20-11-15-10-14-5-3-4-6-17(14)15/h3-9,13,15H,10-11,19H2,1-2H3/t13-,15?/m0/s1. The summed E-state index contributed by atoms with van der Waals surface area (Å²) >= 11 is 0. The molecule has 104 valence electrons. The molecular formula is C18H21NO. The summed E-state index contributed by atoms with van der Waals surface area (Å²) in [5.41, 5.74) is 11.2. The molecule has 1 aliphatic rings. The molecule has 0 fully saturated rings. The van der Waals surface area contributed by atoms with Gasteiger partial charge in [0.05, 0.1) is 6.61 Å². The number of ether oxygens (including phenoxy) is 1. The second-order valence-corrected chi connectivity index (χ2v) is 5.74. The van der Waals surface area contributed by atoms with Gasteiger partial charge in [-0.3, -0.25) is 0 Å². The number of nitrogens with two attached hydrogens (primary N) is 1. The molecule has 0 saturated carbocycles. The summed E-state index contributed by atoms with van der Waals surface area (Å²) in [7, 11) is 0. The van der Waals surface area contributed by atoms with Crippen LogP contribution in [0, 0.1) is 6.92 Å². The smallest absolute Gasteiger partial charge is 0.124 e. The maximum atomic E-state index is 6.06. The molecule has 20 heavy (non-hydrogen) atoms. The Labute approximate surface area is 120 Å². The molecule has 0 saturated heterocycles. The van der Waals surface area contributed by atoms with Crippen molar-refractivity contribution in [2.75, 3.05) is 6.61 Å². The molecule has 0 aliphatic heterocycles. The van der Waals surface area contributed by atoms with Gasteiger partial charge in [-0.25, -0.2) is 0 Å². The highest BCUT2D eigenvalue weighted by Crippen LogP contribution is 2.36. The minimum absolute atomic E-state index is 0.000670. The molecule has 0 heterocycles. The first-order valence-electron chi connectivity index (χ1n) is 7.22. The SMILES string of the molecule is Cc1ccc([C@H](C)N)c(OCC2Cc3ccccc32)c1. The van der Waals surface area contributed by atoms with Gasteiger partial charge in [-0.1, -0.05) is 36.4 Å². The summed E-state index contributed by atoms with van der Waals surface area (Å²) < 4.78 is 6.06. The second-order valence-electron chi connectivity index (χ2n) is 5.74. The van der Waals surface area contributed by atoms with Crippen molar-refractivity contribution in [3.05, 3.63) is 64.7 Å². The lowest BCUT2D eigenvalue weighted by Gasteiger charge is -2.30. The van der Waals surface area contributed by atoms with Crippen LogP contribution in [0.1, 0.15) is 41.1 Å². The Kier molecular flexibility index (Phi) is 3.49. The zero-order chi connectivity index (χ0) is 14.1. The molecule has 0 amide bonds. The average Bonchev–Trinajstić information content (AvgIpc) is 2.39. The molecule has 2 atom stereocenters. The van der Waals surface area contributed by atoms with Gasteiger partial charge in [-0.2, -0.15) is 0 Å². The molecular weight excluding hydrogens is 246 g/mol. The van der Waals surface area contributed by atoms with E-state index >= 15 is 0 Å². The molecule has 0 aromatic heterocycles. The van der Waals surface area contributed by atoms with E-state index < -0.39 is 0 Å². The van der Waals surface area contributed by atoms with Crippen LogP contribution in [0.3, 0.4) is 0 Å². The van der Waals surface area contributed by atoms with E-state index in [1.54, 1.807) is 0 Å². The molecule has 1 aliphatic carbocycles. The van der Waals surface area contributed by atoms with Crippen molar-refractivity contribution in [3.63, 3.8) is 0 Å². The largest absolute Gasteiger partial charge is 0.493 e. The van der Waals surface area contributed by atoms with Gasteiger partial charge in [-0.15, -0.1) is 0 Å². The minimum atomic E-state index is -0.000670. The van der Waals surface area contributed by atoms with Crippen LogP contribution in [0.25, 0.3) is 0 Å². The number of rotatable bonds is 4. The Balaban J connectivity index is 1.72. The van der Waals surface area contributed by atoms with Crippen molar-refractivity contribution in [3.8, 4) is 5.75 Å². The zero-order valence-corrected chi connectivity index (χ0v) is 12.1. The Morgan fingerprint density at radius 3 is 2.80 bits per heavy atom. The van der Waals surface area contributed by atoms with Crippen molar-refractivity contribution in [2.24, 2.45) is 5.73 Å². The number of hydrogen-bond donors (Lipinski definition) is 1. The molecule has 2 N–H and O–H groups in total. The van der Waals surface area contributed by atoms with Crippen LogP contribution in [0.5, 0.6) is 5.75 Å². The van der Waals surface area contributed by atoms with Crippen LogP contribution in [0.4, 0.5) is 0 Å². The normalized spacial score (nSPS) is 18.1. The van der Waals surface area contributed by atoms with Gasteiger partial charge >= 0.3 is 0 Å². The van der Waals surface area contributed by atoms with Gasteiger partial charge in [-0.05, 0) is 43.0 Å². The number of aryl methyl sites for hydroxylation is 1. The van der Waals surface area contributed by atoms with Crippen molar-refractivity contribution in [1.82, 2.24) is 0 Å². The monoisotopic (exact) mass is 267 g/mol. The molecule has 3 rings (SSSR count). The van der Waals surface area contributed by atoms with Crippen LogP contribution >= 0.6 is 0 Å². The lowest BCUT2D eigenvalue weighted by molar-refractivity contribution is 0.271. The summed E-state index contributed by atoms with van der Waals surface area (Å²) in [6.07, 6.45) is 1.12. The highest BCUT2D eigenvalue weighted by Gasteiger charge is 2.26. The fourth-order valence-electron chi connectivity index (χ4n) is 2.84. The summed E-state index contributed by atoms with van der Waals surface area (Å²) in [4.78, 5) is 0. The third kappa shape index (κ3) is 2.44. The van der Waals surface area contributed by atoms with Crippen molar-refractivity contribution >= 4 is 0 Å². The van der Waals surface area contributed by atoms with Gasteiger partial charge in [0.15, 0.2) is 0 Å². The Bertz CT molecular complexity index is 619. The van der Waals surface area contributed by atoms with Crippen molar-refractivity contribution in [2.45, 2.75) is 32.2 Å². The molecule has 0 radical (unpaired) electrons. The van der Waals surface area contributed by atoms with Crippen LogP contribution in [0.2, 0.25) is 0 Å². The van der Waals surface area contributed by atoms with Gasteiger partial charge in [0.25, 0.3) is 0 Å². The number of fused-ring (bicyclic) bond motifs is 1. The second kappa shape index (κ2) is 5.29. The lowest BCUT2D eigenvalue weighted by Crippen LogP contribution is -2.23. The molecule has 1 unspecified atom stereocenters. The molecule has 0 bridgehead atoms. The zero-order valence-electron chi connectivity index (χ0n) is 12.1. The maximum Gasteiger partial charge on any atom is 0.124 e. The quantitative estimate of drug-likeness (QED) is 0.916. The maximum absolute atomic E-state index is 6.06. The summed E-state index contributed by atoms with van der Waals surface area (Å²) in [5, 5.41) is 0. The van der Waals surface area contributed by atoms with Crippen molar-refractivity contribution in [1.29, 1.82) is 0 Å². The predicted octanol–water partition coefficient (Wildman–Crippen LogP) is 3.73. The molecule has 0 spiro atoms. The van der Waals surface area contributed by atoms with Crippen LogP contribution in [-0.2, 0) is 6.42 Å². The van der Waals surface area contributed by atoms with E-state index in [2.05, 4.69) is 49.4 Å². The molecule has 2 aromatic carbocycles. The molecule has 2 aromatic rings. The first kappa shape index (κ1) is 13.2. The van der Waals surface area contributed by atoms with Crippen LogP contribution < -0.4 is 10.5 Å². The summed E-state index contributed by atoms with van der Waals surface area (Å²) in [5.74, 6) is 1.46. The third-order valence-corrected chi connectivity index (χ3v) is 4.06. The summed E-state index contributed by atoms with van der Waals surface area (Å²) in [6.45, 7) is 4.81. The Morgan fingerprint density at radius 1 is 1.25 bits per heavy atom. The van der Waals surface area contributed by atoms with Crippen LogP contribution in [0.15, 0.2) is 42.5 Å². The van der Waals surface area contributed by atoms with Crippen molar-refractivity contribution < 1.29 is 4.74 Å². The summed E-state index contributed by atoms with van der Waals surface area (Å²) in [6, 6.07) is 14.9. The third-order valence-electron chi connectivity index (χ3n) is 4.06. The fraction of sp³-hybridized carbons (Fsp3) is 0.333. The van der Waals surface area contributed by atoms with E-state index in [9.17, 15) is 0 Å². The van der Waals surface area contributed by atoms with E-state index in [4.69, 9.17) is 10.5 Å². The van der Waals surface area contributed by atoms with E-state index in [0.717, 1.165) is 24.3 Å². The van der Waals surface area contributed by atoms with Crippen LogP contribution in [-0.4, -0.2) is 6.61 Å².